The molecule has 118 valence electrons. The van der Waals surface area contributed by atoms with Gasteiger partial charge in [0, 0.05) is 11.3 Å². The molecular weight excluding hydrogens is 304 g/mol. The molecule has 0 spiro atoms. The minimum absolute atomic E-state index is 0.0355. The van der Waals surface area contributed by atoms with Gasteiger partial charge in [0.05, 0.1) is 10.9 Å². The first-order valence-electron chi connectivity index (χ1n) is 7.81. The fraction of sp³-hybridized carbons (Fsp3) is 0.263. The molecule has 2 aromatic carbocycles. The molecule has 0 aliphatic rings. The molecule has 0 aliphatic heterocycles. The van der Waals surface area contributed by atoms with Crippen LogP contribution >= 0.6 is 11.8 Å². The van der Waals surface area contributed by atoms with E-state index in [0.717, 1.165) is 10.7 Å². The number of hydrogen-bond donors (Lipinski definition) is 0. The number of hydrogen-bond acceptors (Lipinski definition) is 3. The number of benzene rings is 2. The van der Waals surface area contributed by atoms with Gasteiger partial charge in [-0.1, -0.05) is 54.2 Å². The summed E-state index contributed by atoms with van der Waals surface area (Å²) in [6.45, 7) is 6.19. The molecular formula is C19H20N2OS. The van der Waals surface area contributed by atoms with Crippen LogP contribution in [0.2, 0.25) is 0 Å². The first-order chi connectivity index (χ1) is 11.1. The van der Waals surface area contributed by atoms with Gasteiger partial charge in [0.15, 0.2) is 5.16 Å². The van der Waals surface area contributed by atoms with Crippen molar-refractivity contribution in [1.29, 1.82) is 0 Å². The van der Waals surface area contributed by atoms with E-state index in [9.17, 15) is 4.79 Å². The normalized spacial score (nSPS) is 12.7. The van der Waals surface area contributed by atoms with E-state index in [4.69, 9.17) is 4.98 Å². The van der Waals surface area contributed by atoms with Gasteiger partial charge in [-0.25, -0.2) is 4.98 Å². The van der Waals surface area contributed by atoms with E-state index < -0.39 is 0 Å². The Morgan fingerprint density at radius 3 is 2.30 bits per heavy atom. The largest absolute Gasteiger partial charge is 0.285 e. The van der Waals surface area contributed by atoms with Gasteiger partial charge in [0.1, 0.15) is 0 Å². The third-order valence-electron chi connectivity index (χ3n) is 3.84. The standard InChI is InChI=1S/C19H20N2OS/c1-13(2)21-18(22)16-11-7-8-12-17(16)20-19(21)23-14(3)15-9-5-4-6-10-15/h4-14H,1-3H3/t14-/m1/s1. The highest BCUT2D eigenvalue weighted by Crippen LogP contribution is 2.34. The molecule has 0 aliphatic carbocycles. The summed E-state index contributed by atoms with van der Waals surface area (Å²) in [5.41, 5.74) is 2.03. The van der Waals surface area contributed by atoms with E-state index in [1.165, 1.54) is 5.56 Å². The van der Waals surface area contributed by atoms with E-state index in [2.05, 4.69) is 19.1 Å². The fourth-order valence-electron chi connectivity index (χ4n) is 2.61. The van der Waals surface area contributed by atoms with Crippen LogP contribution in [0.3, 0.4) is 0 Å². The lowest BCUT2D eigenvalue weighted by Gasteiger charge is -2.18. The molecule has 0 N–H and O–H groups in total. The van der Waals surface area contributed by atoms with Crippen molar-refractivity contribution >= 4 is 22.7 Å². The Hall–Kier alpha value is -2.07. The minimum Gasteiger partial charge on any atom is -0.285 e. The van der Waals surface area contributed by atoms with Crippen molar-refractivity contribution in [3.05, 3.63) is 70.5 Å². The van der Waals surface area contributed by atoms with Crippen molar-refractivity contribution in [1.82, 2.24) is 9.55 Å². The van der Waals surface area contributed by atoms with Crippen LogP contribution in [0, 0.1) is 0 Å². The third-order valence-corrected chi connectivity index (χ3v) is 4.97. The van der Waals surface area contributed by atoms with Crippen molar-refractivity contribution in [2.24, 2.45) is 0 Å². The molecule has 0 radical (unpaired) electrons. The van der Waals surface area contributed by atoms with Crippen LogP contribution in [0.5, 0.6) is 0 Å². The lowest BCUT2D eigenvalue weighted by atomic mass is 10.2. The van der Waals surface area contributed by atoms with Gasteiger partial charge in [-0.2, -0.15) is 0 Å². The summed E-state index contributed by atoms with van der Waals surface area (Å²) in [7, 11) is 0. The highest BCUT2D eigenvalue weighted by atomic mass is 32.2. The predicted molar refractivity (Wildman–Crippen MR) is 97.1 cm³/mol. The van der Waals surface area contributed by atoms with E-state index in [-0.39, 0.29) is 16.9 Å². The highest BCUT2D eigenvalue weighted by molar-refractivity contribution is 7.99. The summed E-state index contributed by atoms with van der Waals surface area (Å²) in [6, 6.07) is 17.9. The molecule has 4 heteroatoms. The van der Waals surface area contributed by atoms with Crippen molar-refractivity contribution in [3.63, 3.8) is 0 Å². The van der Waals surface area contributed by atoms with Gasteiger partial charge in [-0.15, -0.1) is 0 Å². The maximum Gasteiger partial charge on any atom is 0.262 e. The van der Waals surface area contributed by atoms with Gasteiger partial charge >= 0.3 is 0 Å². The SMILES string of the molecule is CC(C)n1c(S[C@H](C)c2ccccc2)nc2ccccc2c1=O. The molecule has 1 heterocycles. The Morgan fingerprint density at radius 2 is 1.61 bits per heavy atom. The second kappa shape index (κ2) is 6.59. The van der Waals surface area contributed by atoms with Gasteiger partial charge < -0.3 is 0 Å². The monoisotopic (exact) mass is 324 g/mol. The van der Waals surface area contributed by atoms with E-state index >= 15 is 0 Å². The van der Waals surface area contributed by atoms with Crippen molar-refractivity contribution in [2.75, 3.05) is 0 Å². The van der Waals surface area contributed by atoms with E-state index in [1.807, 2.05) is 56.3 Å². The van der Waals surface area contributed by atoms with Crippen LogP contribution in [0.1, 0.15) is 37.6 Å². The van der Waals surface area contributed by atoms with Crippen LogP contribution in [-0.2, 0) is 0 Å². The van der Waals surface area contributed by atoms with E-state index in [1.54, 1.807) is 16.3 Å². The summed E-state index contributed by atoms with van der Waals surface area (Å²) >= 11 is 1.63. The zero-order chi connectivity index (χ0) is 16.4. The predicted octanol–water partition coefficient (Wildman–Crippen LogP) is 4.83. The molecule has 0 amide bonds. The van der Waals surface area contributed by atoms with Gasteiger partial charge in [-0.3, -0.25) is 9.36 Å². The maximum atomic E-state index is 12.8. The number of nitrogens with zero attached hydrogens (tertiary/aromatic N) is 2. The number of para-hydroxylation sites is 1. The lowest BCUT2D eigenvalue weighted by Crippen LogP contribution is -2.25. The van der Waals surface area contributed by atoms with Gasteiger partial charge in [-0.05, 0) is 38.5 Å². The molecule has 3 nitrogen and oxygen atoms in total. The highest BCUT2D eigenvalue weighted by Gasteiger charge is 2.17. The zero-order valence-corrected chi connectivity index (χ0v) is 14.4. The average molecular weight is 324 g/mol. The first kappa shape index (κ1) is 15.8. The zero-order valence-electron chi connectivity index (χ0n) is 13.6. The Bertz CT molecular complexity index is 871. The van der Waals surface area contributed by atoms with Crippen molar-refractivity contribution in [2.45, 2.75) is 37.2 Å². The van der Waals surface area contributed by atoms with E-state index in [0.29, 0.717) is 5.39 Å². The van der Waals surface area contributed by atoms with Gasteiger partial charge in [0.2, 0.25) is 0 Å². The summed E-state index contributed by atoms with van der Waals surface area (Å²) < 4.78 is 1.80. The van der Waals surface area contributed by atoms with Crippen LogP contribution < -0.4 is 5.56 Å². The van der Waals surface area contributed by atoms with Crippen LogP contribution in [0.25, 0.3) is 10.9 Å². The Balaban J connectivity index is 2.09. The molecule has 0 unspecified atom stereocenters. The second-order valence-corrected chi connectivity index (χ2v) is 7.16. The van der Waals surface area contributed by atoms with Crippen LogP contribution in [0.4, 0.5) is 0 Å². The molecule has 3 rings (SSSR count). The smallest absolute Gasteiger partial charge is 0.262 e. The molecule has 0 bridgehead atoms. The molecule has 0 saturated heterocycles. The van der Waals surface area contributed by atoms with Crippen molar-refractivity contribution < 1.29 is 0 Å². The summed E-state index contributed by atoms with van der Waals surface area (Å²) in [5.74, 6) is 0. The first-order valence-corrected chi connectivity index (χ1v) is 8.68. The van der Waals surface area contributed by atoms with Crippen LogP contribution in [0.15, 0.2) is 64.5 Å². The topological polar surface area (TPSA) is 34.9 Å². The Labute approximate surface area is 140 Å². The molecule has 0 saturated carbocycles. The Morgan fingerprint density at radius 1 is 0.957 bits per heavy atom. The number of thioether (sulfide) groups is 1. The number of rotatable bonds is 4. The summed E-state index contributed by atoms with van der Waals surface area (Å²) in [6.07, 6.45) is 0. The minimum atomic E-state index is 0.0355. The van der Waals surface area contributed by atoms with Crippen LogP contribution in [-0.4, -0.2) is 9.55 Å². The maximum absolute atomic E-state index is 12.8. The quantitative estimate of drug-likeness (QED) is 0.509. The fourth-order valence-corrected chi connectivity index (χ4v) is 3.78. The molecule has 23 heavy (non-hydrogen) atoms. The Kier molecular flexibility index (Phi) is 4.53. The molecule has 3 aromatic rings. The molecule has 1 atom stereocenters. The third kappa shape index (κ3) is 3.17. The average Bonchev–Trinajstić information content (AvgIpc) is 2.55. The molecule has 1 aromatic heterocycles. The van der Waals surface area contributed by atoms with Crippen molar-refractivity contribution in [3.8, 4) is 0 Å². The molecule has 0 fully saturated rings. The number of aromatic nitrogens is 2. The summed E-state index contributed by atoms with van der Waals surface area (Å²) in [5, 5.41) is 1.69. The number of fused-ring (bicyclic) bond motifs is 1. The summed E-state index contributed by atoms with van der Waals surface area (Å²) in [4.78, 5) is 17.6. The van der Waals surface area contributed by atoms with Gasteiger partial charge in [0.25, 0.3) is 5.56 Å². The lowest BCUT2D eigenvalue weighted by molar-refractivity contribution is 0.518. The second-order valence-electron chi connectivity index (χ2n) is 5.85.